The Hall–Kier alpha value is -1.75. The molecule has 5 heteroatoms. The summed E-state index contributed by atoms with van der Waals surface area (Å²) in [5, 5.41) is 12.9. The summed E-state index contributed by atoms with van der Waals surface area (Å²) in [4.78, 5) is 14.1. The van der Waals surface area contributed by atoms with Gasteiger partial charge in [-0.25, -0.2) is 4.79 Å². The van der Waals surface area contributed by atoms with Crippen molar-refractivity contribution in [3.63, 3.8) is 0 Å². The van der Waals surface area contributed by atoms with E-state index in [1.165, 1.54) is 12.8 Å². The number of methoxy groups -OCH3 is 1. The number of nitrogens with one attached hydrogen (secondary N) is 1. The molecule has 1 saturated carbocycles. The zero-order valence-electron chi connectivity index (χ0n) is 11.6. The molecule has 1 aliphatic carbocycles. The number of hydrogen-bond donors (Lipinski definition) is 2. The van der Waals surface area contributed by atoms with E-state index in [4.69, 9.17) is 4.74 Å². The Kier molecular flexibility index (Phi) is 3.30. The monoisotopic (exact) mass is 276 g/mol. The van der Waals surface area contributed by atoms with Gasteiger partial charge in [-0.2, -0.15) is 0 Å². The minimum absolute atomic E-state index is 0.561. The van der Waals surface area contributed by atoms with Crippen LogP contribution in [0.4, 0.5) is 5.69 Å². The van der Waals surface area contributed by atoms with E-state index in [1.54, 1.807) is 7.11 Å². The number of carboxylic acids is 1. The standard InChI is InChI=1S/C15H20N2O3/c1-20-13-5-3-2-4-12(13)16-15(14(18)19)8-9-17(10-15)11-6-7-11/h2-5,11,16H,6-10H2,1H3,(H,18,19). The largest absolute Gasteiger partial charge is 0.495 e. The number of carboxylic acid groups (broad SMARTS) is 1. The summed E-state index contributed by atoms with van der Waals surface area (Å²) in [6.45, 7) is 1.41. The molecule has 5 nitrogen and oxygen atoms in total. The molecule has 0 radical (unpaired) electrons. The first-order valence-corrected chi connectivity index (χ1v) is 7.03. The van der Waals surface area contributed by atoms with Crippen LogP contribution >= 0.6 is 0 Å². The number of carbonyl (C=O) groups is 1. The third-order valence-corrected chi connectivity index (χ3v) is 4.25. The van der Waals surface area contributed by atoms with Gasteiger partial charge >= 0.3 is 5.97 Å². The molecule has 2 fully saturated rings. The third kappa shape index (κ3) is 2.33. The van der Waals surface area contributed by atoms with Crippen molar-refractivity contribution in [1.29, 1.82) is 0 Å². The van der Waals surface area contributed by atoms with E-state index in [9.17, 15) is 9.90 Å². The Morgan fingerprint density at radius 3 is 2.85 bits per heavy atom. The Morgan fingerprint density at radius 1 is 1.45 bits per heavy atom. The molecule has 1 aromatic rings. The van der Waals surface area contributed by atoms with Crippen LogP contribution in [0.2, 0.25) is 0 Å². The molecule has 0 aromatic heterocycles. The van der Waals surface area contributed by atoms with Crippen molar-refractivity contribution < 1.29 is 14.6 Å². The summed E-state index contributed by atoms with van der Waals surface area (Å²) in [5.74, 6) is -0.107. The van der Waals surface area contributed by atoms with Gasteiger partial charge in [0.1, 0.15) is 11.3 Å². The minimum Gasteiger partial charge on any atom is -0.495 e. The summed E-state index contributed by atoms with van der Waals surface area (Å²) in [6, 6.07) is 8.06. The van der Waals surface area contributed by atoms with E-state index in [2.05, 4.69) is 10.2 Å². The number of hydrogen-bond acceptors (Lipinski definition) is 4. The summed E-state index contributed by atoms with van der Waals surface area (Å²) >= 11 is 0. The van der Waals surface area contributed by atoms with Crippen LogP contribution in [-0.4, -0.2) is 47.8 Å². The first kappa shape index (κ1) is 13.2. The maximum Gasteiger partial charge on any atom is 0.330 e. The van der Waals surface area contributed by atoms with Crippen LogP contribution in [0.25, 0.3) is 0 Å². The summed E-state index contributed by atoms with van der Waals surface area (Å²) in [6.07, 6.45) is 3.02. The van der Waals surface area contributed by atoms with E-state index in [0.29, 0.717) is 24.8 Å². The molecule has 1 saturated heterocycles. The highest BCUT2D eigenvalue weighted by Gasteiger charge is 2.48. The van der Waals surface area contributed by atoms with Crippen LogP contribution in [0.5, 0.6) is 5.75 Å². The fourth-order valence-electron chi connectivity index (χ4n) is 2.93. The molecule has 0 spiro atoms. The van der Waals surface area contributed by atoms with Crippen molar-refractivity contribution in [3.05, 3.63) is 24.3 Å². The molecule has 0 amide bonds. The zero-order chi connectivity index (χ0) is 14.2. The quantitative estimate of drug-likeness (QED) is 0.858. The van der Waals surface area contributed by atoms with Gasteiger partial charge in [0.05, 0.1) is 12.8 Å². The number of nitrogens with zero attached hydrogens (tertiary/aromatic N) is 1. The molecule has 20 heavy (non-hydrogen) atoms. The van der Waals surface area contributed by atoms with Gasteiger partial charge < -0.3 is 15.2 Å². The summed E-state index contributed by atoms with van der Waals surface area (Å²) in [5.41, 5.74) is -0.160. The Labute approximate surface area is 118 Å². The van der Waals surface area contributed by atoms with Crippen molar-refractivity contribution in [2.45, 2.75) is 30.8 Å². The predicted molar refractivity (Wildman–Crippen MR) is 76.2 cm³/mol. The number of rotatable bonds is 5. The van der Waals surface area contributed by atoms with E-state index in [-0.39, 0.29) is 0 Å². The second-order valence-electron chi connectivity index (χ2n) is 5.66. The van der Waals surface area contributed by atoms with Crippen molar-refractivity contribution >= 4 is 11.7 Å². The topological polar surface area (TPSA) is 61.8 Å². The van der Waals surface area contributed by atoms with Crippen LogP contribution < -0.4 is 10.1 Å². The highest BCUT2D eigenvalue weighted by molar-refractivity contribution is 5.84. The molecule has 3 rings (SSSR count). The second kappa shape index (κ2) is 4.98. The van der Waals surface area contributed by atoms with Crippen LogP contribution in [0.1, 0.15) is 19.3 Å². The Bertz CT molecular complexity index is 516. The molecule has 1 aliphatic heterocycles. The number of likely N-dealkylation sites (tertiary alicyclic amines) is 1. The van der Waals surface area contributed by atoms with E-state index < -0.39 is 11.5 Å². The van der Waals surface area contributed by atoms with Gasteiger partial charge in [-0.05, 0) is 31.4 Å². The van der Waals surface area contributed by atoms with Gasteiger partial charge in [-0.15, -0.1) is 0 Å². The summed E-state index contributed by atoms with van der Waals surface area (Å²) in [7, 11) is 1.60. The highest BCUT2D eigenvalue weighted by atomic mass is 16.5. The van der Waals surface area contributed by atoms with Crippen molar-refractivity contribution in [1.82, 2.24) is 4.90 Å². The van der Waals surface area contributed by atoms with E-state index in [0.717, 1.165) is 12.2 Å². The fourth-order valence-corrected chi connectivity index (χ4v) is 2.93. The highest BCUT2D eigenvalue weighted by Crippen LogP contribution is 2.36. The van der Waals surface area contributed by atoms with Crippen molar-refractivity contribution in [2.24, 2.45) is 0 Å². The first-order chi connectivity index (χ1) is 9.64. The van der Waals surface area contributed by atoms with Crippen LogP contribution in [0.3, 0.4) is 0 Å². The van der Waals surface area contributed by atoms with Gasteiger partial charge in [-0.1, -0.05) is 12.1 Å². The van der Waals surface area contributed by atoms with Crippen molar-refractivity contribution in [3.8, 4) is 5.75 Å². The normalized spacial score (nSPS) is 26.4. The number of ether oxygens (including phenoxy) is 1. The van der Waals surface area contributed by atoms with E-state index in [1.807, 2.05) is 24.3 Å². The van der Waals surface area contributed by atoms with Crippen LogP contribution in [0, 0.1) is 0 Å². The number of para-hydroxylation sites is 2. The molecular weight excluding hydrogens is 256 g/mol. The lowest BCUT2D eigenvalue weighted by molar-refractivity contribution is -0.141. The average molecular weight is 276 g/mol. The fraction of sp³-hybridized carbons (Fsp3) is 0.533. The predicted octanol–water partition coefficient (Wildman–Crippen LogP) is 1.80. The van der Waals surface area contributed by atoms with Gasteiger partial charge in [0.2, 0.25) is 0 Å². The SMILES string of the molecule is COc1ccccc1NC1(C(=O)O)CCN(C2CC2)C1. The first-order valence-electron chi connectivity index (χ1n) is 7.03. The molecular formula is C15H20N2O3. The molecule has 1 aromatic carbocycles. The van der Waals surface area contributed by atoms with Gasteiger partial charge in [0.15, 0.2) is 0 Å². The lowest BCUT2D eigenvalue weighted by atomic mass is 9.98. The maximum atomic E-state index is 11.8. The zero-order valence-corrected chi connectivity index (χ0v) is 11.6. The Morgan fingerprint density at radius 2 is 2.20 bits per heavy atom. The van der Waals surface area contributed by atoms with Gasteiger partial charge in [-0.3, -0.25) is 4.90 Å². The maximum absolute atomic E-state index is 11.8. The molecule has 1 heterocycles. The second-order valence-corrected chi connectivity index (χ2v) is 5.66. The molecule has 2 N–H and O–H groups in total. The van der Waals surface area contributed by atoms with Crippen LogP contribution in [0.15, 0.2) is 24.3 Å². The molecule has 2 aliphatic rings. The third-order valence-electron chi connectivity index (χ3n) is 4.25. The van der Waals surface area contributed by atoms with Crippen LogP contribution in [-0.2, 0) is 4.79 Å². The Balaban J connectivity index is 1.82. The summed E-state index contributed by atoms with van der Waals surface area (Å²) < 4.78 is 5.30. The molecule has 0 bridgehead atoms. The molecule has 1 atom stereocenters. The molecule has 1 unspecified atom stereocenters. The number of anilines is 1. The van der Waals surface area contributed by atoms with Gasteiger partial charge in [0.25, 0.3) is 0 Å². The minimum atomic E-state index is -0.906. The average Bonchev–Trinajstić information content (AvgIpc) is 3.21. The van der Waals surface area contributed by atoms with E-state index >= 15 is 0 Å². The lowest BCUT2D eigenvalue weighted by Crippen LogP contribution is -2.49. The smallest absolute Gasteiger partial charge is 0.330 e. The number of benzene rings is 1. The number of aliphatic carboxylic acids is 1. The van der Waals surface area contributed by atoms with Crippen molar-refractivity contribution in [2.75, 3.05) is 25.5 Å². The lowest BCUT2D eigenvalue weighted by Gasteiger charge is -2.28. The van der Waals surface area contributed by atoms with Gasteiger partial charge in [0, 0.05) is 19.1 Å². The molecule has 108 valence electrons.